The van der Waals surface area contributed by atoms with Crippen LogP contribution >= 0.6 is 0 Å². The van der Waals surface area contributed by atoms with E-state index in [0.29, 0.717) is 6.61 Å². The lowest BCUT2D eigenvalue weighted by molar-refractivity contribution is 0.160. The largest absolute Gasteiger partial charge is 0.449 e. The zero-order chi connectivity index (χ0) is 14.2. The van der Waals surface area contributed by atoms with Crippen molar-refractivity contribution in [3.63, 3.8) is 0 Å². The van der Waals surface area contributed by atoms with Gasteiger partial charge < -0.3 is 4.74 Å². The van der Waals surface area contributed by atoms with Gasteiger partial charge in [-0.15, -0.1) is 0 Å². The summed E-state index contributed by atoms with van der Waals surface area (Å²) >= 11 is 0. The minimum absolute atomic E-state index is 0.401. The van der Waals surface area contributed by atoms with Gasteiger partial charge in [0.05, 0.1) is 12.3 Å². The summed E-state index contributed by atoms with van der Waals surface area (Å²) in [6.07, 6.45) is 1.49. The first kappa shape index (κ1) is 14.1. The molecule has 0 spiro atoms. The van der Waals surface area contributed by atoms with Gasteiger partial charge in [0, 0.05) is 5.56 Å². The first-order valence-corrected chi connectivity index (χ1v) is 6.89. The molecule has 2 aromatic carbocycles. The van der Waals surface area contributed by atoms with E-state index in [1.54, 1.807) is 0 Å². The molecule has 2 rings (SSSR count). The number of carbonyl (C=O) groups is 1. The highest BCUT2D eigenvalue weighted by Crippen LogP contribution is 2.27. The number of rotatable bonds is 5. The van der Waals surface area contributed by atoms with Crippen molar-refractivity contribution >= 4 is 11.8 Å². The van der Waals surface area contributed by atoms with Crippen molar-refractivity contribution in [2.24, 2.45) is 0 Å². The van der Waals surface area contributed by atoms with Gasteiger partial charge in [0.2, 0.25) is 0 Å². The average Bonchev–Trinajstić information content (AvgIpc) is 2.49. The molecule has 1 N–H and O–H groups in total. The number of hydrogen-bond acceptors (Lipinski definition) is 2. The lowest BCUT2D eigenvalue weighted by Gasteiger charge is -2.11. The molecular formula is C17H19NO2. The molecule has 0 atom stereocenters. The molecule has 20 heavy (non-hydrogen) atoms. The molecule has 3 nitrogen and oxygen atoms in total. The molecular weight excluding hydrogens is 250 g/mol. The summed E-state index contributed by atoms with van der Waals surface area (Å²) in [4.78, 5) is 11.7. The molecule has 0 heterocycles. The molecule has 104 valence electrons. The smallest absolute Gasteiger partial charge is 0.411 e. The summed E-state index contributed by atoms with van der Waals surface area (Å²) in [5.41, 5.74) is 2.82. The molecule has 0 bridgehead atoms. The highest BCUT2D eigenvalue weighted by atomic mass is 16.5. The molecule has 0 radical (unpaired) electrons. The van der Waals surface area contributed by atoms with Gasteiger partial charge in [-0.05, 0) is 18.1 Å². The van der Waals surface area contributed by atoms with Crippen LogP contribution in [0.4, 0.5) is 10.5 Å². The maximum Gasteiger partial charge on any atom is 0.411 e. The lowest BCUT2D eigenvalue weighted by atomic mass is 10.0. The van der Waals surface area contributed by atoms with E-state index in [1.807, 2.05) is 54.6 Å². The maximum atomic E-state index is 11.7. The second-order valence-electron chi connectivity index (χ2n) is 4.53. The molecule has 1 amide bonds. The maximum absolute atomic E-state index is 11.7. The Kier molecular flexibility index (Phi) is 5.18. The molecule has 3 heteroatoms. The monoisotopic (exact) mass is 269 g/mol. The fraction of sp³-hybridized carbons (Fsp3) is 0.235. The van der Waals surface area contributed by atoms with Crippen LogP contribution in [0.1, 0.15) is 19.8 Å². The van der Waals surface area contributed by atoms with Crippen LogP contribution in [0.25, 0.3) is 11.1 Å². The van der Waals surface area contributed by atoms with Gasteiger partial charge in [-0.2, -0.15) is 0 Å². The second kappa shape index (κ2) is 7.34. The summed E-state index contributed by atoms with van der Waals surface area (Å²) in [5, 5.41) is 2.81. The van der Waals surface area contributed by atoms with Gasteiger partial charge in [0.1, 0.15) is 0 Å². The number of benzene rings is 2. The Bertz CT molecular complexity index is 552. The fourth-order valence-corrected chi connectivity index (χ4v) is 1.92. The fourth-order valence-electron chi connectivity index (χ4n) is 1.92. The Morgan fingerprint density at radius 1 is 1.05 bits per heavy atom. The van der Waals surface area contributed by atoms with Crippen LogP contribution in [0.2, 0.25) is 0 Å². The summed E-state index contributed by atoms with van der Waals surface area (Å²) < 4.78 is 5.13. The number of unbranched alkanes of at least 4 members (excludes halogenated alkanes) is 1. The van der Waals surface area contributed by atoms with E-state index in [1.165, 1.54) is 0 Å². The number of ether oxygens (including phenoxy) is 1. The van der Waals surface area contributed by atoms with Crippen molar-refractivity contribution < 1.29 is 9.53 Å². The van der Waals surface area contributed by atoms with Crippen molar-refractivity contribution in [3.8, 4) is 11.1 Å². The van der Waals surface area contributed by atoms with Crippen molar-refractivity contribution in [1.82, 2.24) is 0 Å². The second-order valence-corrected chi connectivity index (χ2v) is 4.53. The van der Waals surface area contributed by atoms with Gasteiger partial charge in [0.25, 0.3) is 0 Å². The number of para-hydroxylation sites is 1. The van der Waals surface area contributed by atoms with E-state index in [4.69, 9.17) is 4.74 Å². The Hall–Kier alpha value is -2.29. The van der Waals surface area contributed by atoms with Gasteiger partial charge in [-0.1, -0.05) is 61.9 Å². The third kappa shape index (κ3) is 3.85. The molecule has 2 aromatic rings. The minimum atomic E-state index is -0.401. The Balaban J connectivity index is 2.11. The van der Waals surface area contributed by atoms with Gasteiger partial charge >= 0.3 is 6.09 Å². The number of hydrogen-bond donors (Lipinski definition) is 1. The van der Waals surface area contributed by atoms with Crippen LogP contribution < -0.4 is 5.32 Å². The van der Waals surface area contributed by atoms with E-state index in [9.17, 15) is 4.79 Å². The standard InChI is InChI=1S/C17H19NO2/c1-2-3-13-20-17(19)18-16-12-8-7-11-15(16)14-9-5-4-6-10-14/h4-12H,2-3,13H2,1H3,(H,18,19). The van der Waals surface area contributed by atoms with E-state index in [0.717, 1.165) is 29.7 Å². The Labute approximate surface area is 119 Å². The van der Waals surface area contributed by atoms with E-state index < -0.39 is 6.09 Å². The highest BCUT2D eigenvalue weighted by molar-refractivity contribution is 5.91. The van der Waals surface area contributed by atoms with Crippen LogP contribution in [0, 0.1) is 0 Å². The van der Waals surface area contributed by atoms with Crippen LogP contribution in [0.5, 0.6) is 0 Å². The predicted octanol–water partition coefficient (Wildman–Crippen LogP) is 4.70. The minimum Gasteiger partial charge on any atom is -0.449 e. The molecule has 0 aliphatic heterocycles. The first-order valence-electron chi connectivity index (χ1n) is 6.89. The highest BCUT2D eigenvalue weighted by Gasteiger charge is 2.08. The van der Waals surface area contributed by atoms with Crippen LogP contribution in [-0.4, -0.2) is 12.7 Å². The molecule has 0 aromatic heterocycles. The number of amides is 1. The SMILES string of the molecule is CCCCOC(=O)Nc1ccccc1-c1ccccc1. The van der Waals surface area contributed by atoms with Crippen molar-refractivity contribution in [1.29, 1.82) is 0 Å². The van der Waals surface area contributed by atoms with Crippen LogP contribution in [-0.2, 0) is 4.74 Å². The average molecular weight is 269 g/mol. The van der Waals surface area contributed by atoms with Crippen LogP contribution in [0.3, 0.4) is 0 Å². The van der Waals surface area contributed by atoms with Gasteiger partial charge in [0.15, 0.2) is 0 Å². The van der Waals surface area contributed by atoms with E-state index in [2.05, 4.69) is 12.2 Å². The van der Waals surface area contributed by atoms with Gasteiger partial charge in [-0.3, -0.25) is 5.32 Å². The van der Waals surface area contributed by atoms with Gasteiger partial charge in [-0.25, -0.2) is 4.79 Å². The third-order valence-corrected chi connectivity index (χ3v) is 2.98. The number of nitrogens with one attached hydrogen (secondary N) is 1. The summed E-state index contributed by atoms with van der Waals surface area (Å²) in [7, 11) is 0. The molecule has 0 fully saturated rings. The molecule has 0 saturated heterocycles. The molecule has 0 saturated carbocycles. The zero-order valence-electron chi connectivity index (χ0n) is 11.6. The predicted molar refractivity (Wildman–Crippen MR) is 81.8 cm³/mol. The topological polar surface area (TPSA) is 38.3 Å². The quantitative estimate of drug-likeness (QED) is 0.799. The first-order chi connectivity index (χ1) is 9.81. The van der Waals surface area contributed by atoms with Crippen molar-refractivity contribution in [2.45, 2.75) is 19.8 Å². The third-order valence-electron chi connectivity index (χ3n) is 2.98. The number of anilines is 1. The lowest BCUT2D eigenvalue weighted by Crippen LogP contribution is -2.14. The normalized spacial score (nSPS) is 10.1. The Morgan fingerprint density at radius 3 is 2.50 bits per heavy atom. The summed E-state index contributed by atoms with van der Waals surface area (Å²) in [6.45, 7) is 2.52. The molecule has 0 unspecified atom stereocenters. The molecule has 0 aliphatic carbocycles. The van der Waals surface area contributed by atoms with Crippen molar-refractivity contribution in [2.75, 3.05) is 11.9 Å². The van der Waals surface area contributed by atoms with Crippen molar-refractivity contribution in [3.05, 3.63) is 54.6 Å². The molecule has 0 aliphatic rings. The number of carbonyl (C=O) groups excluding carboxylic acids is 1. The van der Waals surface area contributed by atoms with Crippen LogP contribution in [0.15, 0.2) is 54.6 Å². The van der Waals surface area contributed by atoms with E-state index in [-0.39, 0.29) is 0 Å². The summed E-state index contributed by atoms with van der Waals surface area (Å²) in [5.74, 6) is 0. The Morgan fingerprint density at radius 2 is 1.75 bits per heavy atom. The zero-order valence-corrected chi connectivity index (χ0v) is 11.6. The van der Waals surface area contributed by atoms with E-state index >= 15 is 0 Å². The summed E-state index contributed by atoms with van der Waals surface area (Å²) in [6, 6.07) is 17.7.